The molecular formula is C28H28N4O3. The van der Waals surface area contributed by atoms with Crippen LogP contribution in [0.1, 0.15) is 18.4 Å². The van der Waals surface area contributed by atoms with E-state index in [1.807, 2.05) is 48.7 Å². The minimum absolute atomic E-state index is 0.0675. The first-order chi connectivity index (χ1) is 17.0. The second-order valence-electron chi connectivity index (χ2n) is 9.81. The number of carbonyl (C=O) groups excluding carboxylic acids is 2. The van der Waals surface area contributed by atoms with Gasteiger partial charge < -0.3 is 14.2 Å². The highest BCUT2D eigenvalue weighted by Gasteiger charge is 2.40. The van der Waals surface area contributed by atoms with Gasteiger partial charge in [0.1, 0.15) is 0 Å². The van der Waals surface area contributed by atoms with E-state index in [0.717, 1.165) is 53.0 Å². The number of amides is 2. The molecule has 3 aliphatic rings. The number of likely N-dealkylation sites (N-methyl/N-ethyl adjacent to an activating group) is 1. The van der Waals surface area contributed by atoms with Gasteiger partial charge in [-0.05, 0) is 38.7 Å². The smallest absolute Gasteiger partial charge is 0.259 e. The Labute approximate surface area is 203 Å². The Morgan fingerprint density at radius 3 is 2.74 bits per heavy atom. The summed E-state index contributed by atoms with van der Waals surface area (Å²) in [6, 6.07) is 15.9. The third-order valence-electron chi connectivity index (χ3n) is 6.90. The maximum absolute atomic E-state index is 13.0. The maximum atomic E-state index is 13.0. The van der Waals surface area contributed by atoms with Crippen LogP contribution < -0.4 is 15.9 Å². The van der Waals surface area contributed by atoms with Crippen molar-refractivity contribution in [2.45, 2.75) is 37.6 Å². The van der Waals surface area contributed by atoms with Crippen LogP contribution in [0.15, 0.2) is 65.3 Å². The number of ether oxygens (including phenoxy) is 1. The fraction of sp³-hybridized carbons (Fsp3) is 0.321. The van der Waals surface area contributed by atoms with E-state index in [-0.39, 0.29) is 30.1 Å². The van der Waals surface area contributed by atoms with Crippen molar-refractivity contribution in [1.82, 2.24) is 14.8 Å². The van der Waals surface area contributed by atoms with Gasteiger partial charge in [-0.25, -0.2) is 0 Å². The zero-order valence-electron chi connectivity index (χ0n) is 19.9. The van der Waals surface area contributed by atoms with Crippen molar-refractivity contribution in [3.63, 3.8) is 0 Å². The molecule has 2 aromatic carbocycles. The Kier molecular flexibility index (Phi) is 5.39. The first kappa shape index (κ1) is 21.9. The average molecular weight is 469 g/mol. The van der Waals surface area contributed by atoms with Crippen molar-refractivity contribution >= 4 is 34.4 Å². The van der Waals surface area contributed by atoms with E-state index in [0.29, 0.717) is 11.1 Å². The Hall–Kier alpha value is -3.55. The van der Waals surface area contributed by atoms with Crippen LogP contribution in [0.2, 0.25) is 0 Å². The summed E-state index contributed by atoms with van der Waals surface area (Å²) in [5, 5.41) is 5.09. The summed E-state index contributed by atoms with van der Waals surface area (Å²) in [4.78, 5) is 33.1. The van der Waals surface area contributed by atoms with Crippen LogP contribution in [0.5, 0.6) is 0 Å². The predicted molar refractivity (Wildman–Crippen MR) is 134 cm³/mol. The number of para-hydroxylation sites is 2. The number of fused-ring (bicyclic) bond motifs is 8. The van der Waals surface area contributed by atoms with Gasteiger partial charge in [0.25, 0.3) is 11.8 Å². The van der Waals surface area contributed by atoms with Gasteiger partial charge in [0.15, 0.2) is 0 Å². The number of nitrogens with one attached hydrogen (secondary N) is 1. The largest absolute Gasteiger partial charge is 0.371 e. The normalized spacial score (nSPS) is 26.0. The third kappa shape index (κ3) is 4.11. The second kappa shape index (κ2) is 8.59. The molecule has 0 saturated heterocycles. The molecule has 7 heteroatoms. The zero-order chi connectivity index (χ0) is 24.1. The monoisotopic (exact) mass is 468 g/mol. The van der Waals surface area contributed by atoms with Gasteiger partial charge in [-0.1, -0.05) is 36.4 Å². The van der Waals surface area contributed by atoms with Crippen LogP contribution in [0.4, 0.5) is 0 Å². The van der Waals surface area contributed by atoms with E-state index in [1.54, 1.807) is 6.08 Å². The van der Waals surface area contributed by atoms with Gasteiger partial charge in [-0.15, -0.1) is 0 Å². The molecule has 1 fully saturated rings. The van der Waals surface area contributed by atoms with Crippen molar-refractivity contribution in [1.29, 1.82) is 0 Å². The number of rotatable bonds is 2. The molecule has 7 nitrogen and oxygen atoms in total. The standard InChI is InChI=1S/C28H28N4O3/c1-31(2)15-18-11-12-32-16-21(19-8-4-6-10-24(19)32)26-20(27(33)30-28(26)34)13-17-7-3-5-9-22(17)29-23-14-25(23)35-18/h3-10,13,16,18,23,25H,11-12,14-15H2,1-2H3,(H,30,33,34)/b17-13+,29-22+. The SMILES string of the molecule is CN(C)CC1CCn2cc(c3ccccc32)C2=C(/C=c3\cccc\c3=N/C3CC3O1)C(=O)NC2=O. The molecular weight excluding hydrogens is 440 g/mol. The summed E-state index contributed by atoms with van der Waals surface area (Å²) < 4.78 is 8.69. The molecule has 3 heterocycles. The molecule has 1 aliphatic carbocycles. The molecule has 3 atom stereocenters. The lowest BCUT2D eigenvalue weighted by atomic mass is 10.00. The lowest BCUT2D eigenvalue weighted by molar-refractivity contribution is -0.123. The van der Waals surface area contributed by atoms with Gasteiger partial charge in [0, 0.05) is 47.4 Å². The number of hydrogen-bond donors (Lipinski definition) is 1. The van der Waals surface area contributed by atoms with Gasteiger partial charge in [-0.2, -0.15) is 0 Å². The summed E-state index contributed by atoms with van der Waals surface area (Å²) in [6.45, 7) is 1.57. The Morgan fingerprint density at radius 2 is 1.89 bits per heavy atom. The maximum Gasteiger partial charge on any atom is 0.259 e. The fourth-order valence-corrected chi connectivity index (χ4v) is 5.15. The molecule has 1 saturated carbocycles. The molecule has 3 aromatic rings. The molecule has 2 aliphatic heterocycles. The van der Waals surface area contributed by atoms with Crippen molar-refractivity contribution in [2.75, 3.05) is 20.6 Å². The zero-order valence-corrected chi connectivity index (χ0v) is 19.9. The minimum atomic E-state index is -0.375. The number of benzene rings is 2. The first-order valence-electron chi connectivity index (χ1n) is 12.1. The summed E-state index contributed by atoms with van der Waals surface area (Å²) in [6.07, 6.45) is 5.70. The van der Waals surface area contributed by atoms with Gasteiger partial charge in [-0.3, -0.25) is 19.9 Å². The Bertz CT molecular complexity index is 1500. The van der Waals surface area contributed by atoms with Crippen molar-refractivity contribution in [3.05, 3.63) is 76.4 Å². The quantitative estimate of drug-likeness (QED) is 0.581. The van der Waals surface area contributed by atoms with Crippen LogP contribution in [0.25, 0.3) is 22.6 Å². The fourth-order valence-electron chi connectivity index (χ4n) is 5.15. The number of aromatic nitrogens is 1. The van der Waals surface area contributed by atoms with Crippen LogP contribution in [0, 0.1) is 0 Å². The number of nitrogens with zero attached hydrogens (tertiary/aromatic N) is 3. The van der Waals surface area contributed by atoms with Crippen LogP contribution in [-0.2, 0) is 20.9 Å². The number of hydrogen-bond acceptors (Lipinski definition) is 5. The highest BCUT2D eigenvalue weighted by molar-refractivity contribution is 6.39. The van der Waals surface area contributed by atoms with Crippen molar-refractivity contribution < 1.29 is 14.3 Å². The predicted octanol–water partition coefficient (Wildman–Crippen LogP) is 1.64. The second-order valence-corrected chi connectivity index (χ2v) is 9.81. The summed E-state index contributed by atoms with van der Waals surface area (Å²) in [5.74, 6) is -0.737. The molecule has 178 valence electrons. The van der Waals surface area contributed by atoms with Gasteiger partial charge >= 0.3 is 0 Å². The van der Waals surface area contributed by atoms with E-state index in [2.05, 4.69) is 34.9 Å². The van der Waals surface area contributed by atoms with Gasteiger partial charge in [0.05, 0.1) is 34.8 Å². The molecule has 2 bridgehead atoms. The topological polar surface area (TPSA) is 75.9 Å². The molecule has 1 aromatic heterocycles. The number of carbonyl (C=O) groups is 2. The van der Waals surface area contributed by atoms with Gasteiger partial charge in [0.2, 0.25) is 0 Å². The van der Waals surface area contributed by atoms with Crippen molar-refractivity contribution in [2.24, 2.45) is 4.99 Å². The molecule has 3 unspecified atom stereocenters. The summed E-state index contributed by atoms with van der Waals surface area (Å²) in [5.41, 5.74) is 2.61. The summed E-state index contributed by atoms with van der Waals surface area (Å²) in [7, 11) is 4.12. The summed E-state index contributed by atoms with van der Waals surface area (Å²) >= 11 is 0. The Morgan fingerprint density at radius 1 is 1.09 bits per heavy atom. The van der Waals surface area contributed by atoms with E-state index >= 15 is 0 Å². The molecule has 0 radical (unpaired) electrons. The minimum Gasteiger partial charge on any atom is -0.371 e. The molecule has 0 spiro atoms. The van der Waals surface area contributed by atoms with E-state index < -0.39 is 0 Å². The molecule has 2 amide bonds. The van der Waals surface area contributed by atoms with Crippen molar-refractivity contribution in [3.8, 4) is 0 Å². The average Bonchev–Trinajstić information content (AvgIpc) is 3.35. The molecule has 6 rings (SSSR count). The molecule has 1 N–H and O–H groups in total. The molecule has 35 heavy (non-hydrogen) atoms. The highest BCUT2D eigenvalue weighted by atomic mass is 16.5. The van der Waals surface area contributed by atoms with Crippen LogP contribution in [-0.4, -0.2) is 60.2 Å². The lowest BCUT2D eigenvalue weighted by Crippen LogP contribution is -2.31. The van der Waals surface area contributed by atoms with E-state index in [4.69, 9.17) is 9.73 Å². The first-order valence-corrected chi connectivity index (χ1v) is 12.1. The van der Waals surface area contributed by atoms with Crippen LogP contribution in [0.3, 0.4) is 0 Å². The highest BCUT2D eigenvalue weighted by Crippen LogP contribution is 2.34. The number of imide groups is 1. The Balaban J connectivity index is 1.59. The van der Waals surface area contributed by atoms with E-state index in [9.17, 15) is 9.59 Å². The van der Waals surface area contributed by atoms with Crippen LogP contribution >= 0.6 is 0 Å². The van der Waals surface area contributed by atoms with E-state index in [1.165, 1.54) is 0 Å². The third-order valence-corrected chi connectivity index (χ3v) is 6.90. The number of aryl methyl sites for hydroxylation is 1. The lowest BCUT2D eigenvalue weighted by Gasteiger charge is -2.22.